The first-order valence-electron chi connectivity index (χ1n) is 6.13. The first kappa shape index (κ1) is 13.3. The number of benzene rings is 2. The summed E-state index contributed by atoms with van der Waals surface area (Å²) in [5.74, 6) is 0. The van der Waals surface area contributed by atoms with Gasteiger partial charge in [0, 0.05) is 10.5 Å². The van der Waals surface area contributed by atoms with Crippen molar-refractivity contribution in [2.45, 2.75) is 26.3 Å². The third kappa shape index (κ3) is 3.21. The summed E-state index contributed by atoms with van der Waals surface area (Å²) < 4.78 is 1.08. The summed E-state index contributed by atoms with van der Waals surface area (Å²) in [4.78, 5) is 0. The fraction of sp³-hybridized carbons (Fsp3) is 0.250. The highest BCUT2D eigenvalue weighted by molar-refractivity contribution is 9.10. The number of nitrogens with two attached hydrogens (primary N) is 1. The van der Waals surface area contributed by atoms with Gasteiger partial charge in [0.25, 0.3) is 0 Å². The van der Waals surface area contributed by atoms with E-state index in [1.807, 2.05) is 12.1 Å². The van der Waals surface area contributed by atoms with Crippen molar-refractivity contribution in [1.29, 1.82) is 0 Å². The minimum Gasteiger partial charge on any atom is -0.324 e. The van der Waals surface area contributed by atoms with E-state index < -0.39 is 0 Å². The fourth-order valence-electron chi connectivity index (χ4n) is 2.11. The van der Waals surface area contributed by atoms with E-state index in [1.54, 1.807) is 0 Å². The predicted molar refractivity (Wildman–Crippen MR) is 80.7 cm³/mol. The molecule has 0 spiro atoms. The molecule has 18 heavy (non-hydrogen) atoms. The summed E-state index contributed by atoms with van der Waals surface area (Å²) in [6, 6.07) is 14.8. The van der Waals surface area contributed by atoms with Gasteiger partial charge in [-0.2, -0.15) is 0 Å². The molecule has 0 amide bonds. The van der Waals surface area contributed by atoms with E-state index in [-0.39, 0.29) is 6.04 Å². The number of rotatable bonds is 3. The molecule has 1 atom stereocenters. The molecule has 0 aromatic heterocycles. The minimum absolute atomic E-state index is 0.0444. The van der Waals surface area contributed by atoms with Gasteiger partial charge in [0.15, 0.2) is 0 Å². The molecule has 2 aromatic carbocycles. The average Bonchev–Trinajstić information content (AvgIpc) is 2.34. The summed E-state index contributed by atoms with van der Waals surface area (Å²) in [6.07, 6.45) is 0.879. The van der Waals surface area contributed by atoms with E-state index in [2.05, 4.69) is 60.1 Å². The Labute approximate surface area is 117 Å². The summed E-state index contributed by atoms with van der Waals surface area (Å²) in [5, 5.41) is 0. The minimum atomic E-state index is 0.0444. The van der Waals surface area contributed by atoms with E-state index >= 15 is 0 Å². The molecule has 0 aliphatic carbocycles. The third-order valence-corrected chi connectivity index (χ3v) is 3.71. The SMILES string of the molecule is Cc1ccc(C)c(CC(N)c2cccc(Br)c2)c1. The van der Waals surface area contributed by atoms with Gasteiger partial charge in [-0.1, -0.05) is 51.8 Å². The molecule has 94 valence electrons. The Kier molecular flexibility index (Phi) is 4.20. The van der Waals surface area contributed by atoms with Crippen molar-refractivity contribution in [1.82, 2.24) is 0 Å². The second kappa shape index (κ2) is 5.68. The maximum atomic E-state index is 6.29. The topological polar surface area (TPSA) is 26.0 Å². The molecule has 0 fully saturated rings. The van der Waals surface area contributed by atoms with E-state index in [0.717, 1.165) is 10.9 Å². The normalized spacial score (nSPS) is 12.4. The van der Waals surface area contributed by atoms with E-state index in [0.29, 0.717) is 0 Å². The van der Waals surface area contributed by atoms with Crippen LogP contribution in [0.3, 0.4) is 0 Å². The molecule has 2 N–H and O–H groups in total. The predicted octanol–water partition coefficient (Wildman–Crippen LogP) is 4.31. The first-order chi connectivity index (χ1) is 8.56. The van der Waals surface area contributed by atoms with Gasteiger partial charge in [0.2, 0.25) is 0 Å². The second-order valence-corrected chi connectivity index (χ2v) is 5.71. The maximum absolute atomic E-state index is 6.29. The fourth-order valence-corrected chi connectivity index (χ4v) is 2.53. The van der Waals surface area contributed by atoms with Crippen LogP contribution in [-0.4, -0.2) is 0 Å². The molecule has 2 heteroatoms. The molecular weight excluding hydrogens is 286 g/mol. The summed E-state index contributed by atoms with van der Waals surface area (Å²) in [5.41, 5.74) is 11.4. The number of hydrogen-bond donors (Lipinski definition) is 1. The zero-order chi connectivity index (χ0) is 13.1. The summed E-state index contributed by atoms with van der Waals surface area (Å²) >= 11 is 3.49. The van der Waals surface area contributed by atoms with Crippen LogP contribution in [0.15, 0.2) is 46.9 Å². The van der Waals surface area contributed by atoms with Gasteiger partial charge in [-0.05, 0) is 49.1 Å². The van der Waals surface area contributed by atoms with Crippen LogP contribution in [0.5, 0.6) is 0 Å². The molecule has 2 aromatic rings. The Hall–Kier alpha value is -1.12. The van der Waals surface area contributed by atoms with Crippen molar-refractivity contribution in [2.24, 2.45) is 5.73 Å². The standard InChI is InChI=1S/C16H18BrN/c1-11-6-7-12(2)14(8-11)10-16(18)13-4-3-5-15(17)9-13/h3-9,16H,10,18H2,1-2H3. The van der Waals surface area contributed by atoms with Crippen LogP contribution in [-0.2, 0) is 6.42 Å². The van der Waals surface area contributed by atoms with Crippen molar-refractivity contribution in [3.63, 3.8) is 0 Å². The lowest BCUT2D eigenvalue weighted by molar-refractivity contribution is 0.718. The molecule has 0 aliphatic heterocycles. The van der Waals surface area contributed by atoms with Crippen molar-refractivity contribution in [3.8, 4) is 0 Å². The highest BCUT2D eigenvalue weighted by atomic mass is 79.9. The van der Waals surface area contributed by atoms with E-state index in [1.165, 1.54) is 22.3 Å². The van der Waals surface area contributed by atoms with Crippen molar-refractivity contribution < 1.29 is 0 Å². The molecule has 1 nitrogen and oxygen atoms in total. The molecule has 1 unspecified atom stereocenters. The lowest BCUT2D eigenvalue weighted by Crippen LogP contribution is -2.14. The number of hydrogen-bond acceptors (Lipinski definition) is 1. The lowest BCUT2D eigenvalue weighted by Gasteiger charge is -2.15. The molecule has 2 rings (SSSR count). The second-order valence-electron chi connectivity index (χ2n) is 4.80. The quantitative estimate of drug-likeness (QED) is 0.898. The highest BCUT2D eigenvalue weighted by Gasteiger charge is 2.09. The molecule has 0 saturated carbocycles. The number of aryl methyl sites for hydroxylation is 2. The van der Waals surface area contributed by atoms with E-state index in [9.17, 15) is 0 Å². The average molecular weight is 304 g/mol. The largest absolute Gasteiger partial charge is 0.324 e. The van der Waals surface area contributed by atoms with Crippen LogP contribution in [0.2, 0.25) is 0 Å². The first-order valence-corrected chi connectivity index (χ1v) is 6.93. The molecular formula is C16H18BrN. The lowest BCUT2D eigenvalue weighted by atomic mass is 9.95. The monoisotopic (exact) mass is 303 g/mol. The van der Waals surface area contributed by atoms with Gasteiger partial charge in [-0.3, -0.25) is 0 Å². The van der Waals surface area contributed by atoms with E-state index in [4.69, 9.17) is 5.73 Å². The Morgan fingerprint density at radius 3 is 2.61 bits per heavy atom. The van der Waals surface area contributed by atoms with Crippen molar-refractivity contribution in [2.75, 3.05) is 0 Å². The molecule has 0 aliphatic rings. The molecule has 0 heterocycles. The highest BCUT2D eigenvalue weighted by Crippen LogP contribution is 2.22. The molecule has 0 saturated heterocycles. The van der Waals surface area contributed by atoms with Crippen LogP contribution < -0.4 is 5.73 Å². The van der Waals surface area contributed by atoms with Crippen LogP contribution in [0.1, 0.15) is 28.3 Å². The van der Waals surface area contributed by atoms with Crippen LogP contribution in [0.4, 0.5) is 0 Å². The zero-order valence-electron chi connectivity index (χ0n) is 10.8. The Morgan fingerprint density at radius 1 is 1.11 bits per heavy atom. The maximum Gasteiger partial charge on any atom is 0.0336 e. The van der Waals surface area contributed by atoms with Crippen LogP contribution >= 0.6 is 15.9 Å². The van der Waals surface area contributed by atoms with Gasteiger partial charge >= 0.3 is 0 Å². The van der Waals surface area contributed by atoms with Crippen molar-refractivity contribution >= 4 is 15.9 Å². The molecule has 0 radical (unpaired) electrons. The smallest absolute Gasteiger partial charge is 0.0336 e. The van der Waals surface area contributed by atoms with Gasteiger partial charge in [0.05, 0.1) is 0 Å². The number of halogens is 1. The molecule has 0 bridgehead atoms. The Bertz CT molecular complexity index is 549. The van der Waals surface area contributed by atoms with Crippen LogP contribution in [0, 0.1) is 13.8 Å². The van der Waals surface area contributed by atoms with Gasteiger partial charge < -0.3 is 5.73 Å². The third-order valence-electron chi connectivity index (χ3n) is 3.22. The summed E-state index contributed by atoms with van der Waals surface area (Å²) in [7, 11) is 0. The van der Waals surface area contributed by atoms with Gasteiger partial charge in [0.1, 0.15) is 0 Å². The summed E-state index contributed by atoms with van der Waals surface area (Å²) in [6.45, 7) is 4.26. The van der Waals surface area contributed by atoms with Gasteiger partial charge in [-0.25, -0.2) is 0 Å². The zero-order valence-corrected chi connectivity index (χ0v) is 12.4. The van der Waals surface area contributed by atoms with Gasteiger partial charge in [-0.15, -0.1) is 0 Å². The van der Waals surface area contributed by atoms with Crippen molar-refractivity contribution in [3.05, 3.63) is 69.2 Å². The van der Waals surface area contributed by atoms with Crippen LogP contribution in [0.25, 0.3) is 0 Å². The Balaban J connectivity index is 2.21. The Morgan fingerprint density at radius 2 is 1.89 bits per heavy atom.